The number of unbranched alkanes of at least 4 members (excludes halogenated alkanes) is 1. The maximum absolute atomic E-state index is 5.56. The summed E-state index contributed by atoms with van der Waals surface area (Å²) in [6, 6.07) is 2.94. The van der Waals surface area contributed by atoms with Crippen LogP contribution in [0.1, 0.15) is 67.8 Å². The molecule has 0 aromatic carbocycles. The first-order chi connectivity index (χ1) is 9.66. The van der Waals surface area contributed by atoms with Crippen LogP contribution in [0.5, 0.6) is 0 Å². The third kappa shape index (κ3) is 4.87. The molecule has 1 aromatic rings. The second-order valence-electron chi connectivity index (χ2n) is 6.11. The molecule has 20 heavy (non-hydrogen) atoms. The summed E-state index contributed by atoms with van der Waals surface area (Å²) in [5.41, 5.74) is 1.62. The quantitative estimate of drug-likeness (QED) is 0.714. The summed E-state index contributed by atoms with van der Waals surface area (Å²) < 4.78 is 5.56. The van der Waals surface area contributed by atoms with Gasteiger partial charge in [-0.1, -0.05) is 0 Å². The third-order valence-electron chi connectivity index (χ3n) is 3.92. The zero-order valence-electron chi connectivity index (χ0n) is 13.2. The average Bonchev–Trinajstić information content (AvgIpc) is 2.86. The Morgan fingerprint density at radius 1 is 1.20 bits per heavy atom. The monoisotopic (exact) mass is 295 g/mol. The number of aryl methyl sites for hydroxylation is 2. The van der Waals surface area contributed by atoms with Crippen molar-refractivity contribution in [3.8, 4) is 0 Å². The first-order valence-corrected chi connectivity index (χ1v) is 8.95. The summed E-state index contributed by atoms with van der Waals surface area (Å²) in [4.78, 5) is 3.17. The van der Waals surface area contributed by atoms with Crippen LogP contribution in [0.25, 0.3) is 0 Å². The van der Waals surface area contributed by atoms with Gasteiger partial charge < -0.3 is 10.1 Å². The predicted molar refractivity (Wildman–Crippen MR) is 87.7 cm³/mol. The van der Waals surface area contributed by atoms with Crippen LogP contribution < -0.4 is 5.32 Å². The van der Waals surface area contributed by atoms with Crippen molar-refractivity contribution in [1.82, 2.24) is 5.32 Å². The molecule has 0 aliphatic heterocycles. The Kier molecular flexibility index (Phi) is 6.53. The molecule has 1 aromatic heterocycles. The minimum atomic E-state index is 0.360. The van der Waals surface area contributed by atoms with Gasteiger partial charge in [-0.15, -0.1) is 11.3 Å². The first-order valence-electron chi connectivity index (χ1n) is 8.13. The molecule has 0 saturated heterocycles. The van der Waals surface area contributed by atoms with Crippen molar-refractivity contribution < 1.29 is 4.74 Å². The van der Waals surface area contributed by atoms with E-state index in [1.807, 2.05) is 11.3 Å². The highest BCUT2D eigenvalue weighted by Crippen LogP contribution is 2.32. The fourth-order valence-electron chi connectivity index (χ4n) is 2.69. The largest absolute Gasteiger partial charge is 0.379 e. The van der Waals surface area contributed by atoms with Crippen LogP contribution in [0.15, 0.2) is 6.07 Å². The van der Waals surface area contributed by atoms with Gasteiger partial charge in [0.25, 0.3) is 0 Å². The summed E-state index contributed by atoms with van der Waals surface area (Å²) >= 11 is 2.03. The van der Waals surface area contributed by atoms with Gasteiger partial charge >= 0.3 is 0 Å². The summed E-state index contributed by atoms with van der Waals surface area (Å²) in [5, 5.41) is 3.65. The molecule has 2 nitrogen and oxygen atoms in total. The van der Waals surface area contributed by atoms with E-state index in [0.29, 0.717) is 12.1 Å². The van der Waals surface area contributed by atoms with Gasteiger partial charge in [-0.25, -0.2) is 0 Å². The third-order valence-corrected chi connectivity index (χ3v) is 5.34. The van der Waals surface area contributed by atoms with E-state index in [2.05, 4.69) is 32.2 Å². The molecule has 1 unspecified atom stereocenters. The van der Waals surface area contributed by atoms with E-state index in [1.165, 1.54) is 37.0 Å². The van der Waals surface area contributed by atoms with Crippen molar-refractivity contribution in [3.05, 3.63) is 21.4 Å². The normalized spacial score (nSPS) is 16.4. The molecule has 0 amide bonds. The summed E-state index contributed by atoms with van der Waals surface area (Å²) in [7, 11) is 0. The number of hydrogen-bond acceptors (Lipinski definition) is 3. The highest BCUT2D eigenvalue weighted by atomic mass is 32.1. The Labute approximate surface area is 127 Å². The Morgan fingerprint density at radius 3 is 2.75 bits per heavy atom. The number of hydrogen-bond donors (Lipinski definition) is 1. The number of ether oxygens (including phenoxy) is 1. The molecule has 3 heteroatoms. The number of fused-ring (bicyclic) bond motifs is 1. The topological polar surface area (TPSA) is 21.3 Å². The van der Waals surface area contributed by atoms with Crippen molar-refractivity contribution >= 4 is 11.3 Å². The van der Waals surface area contributed by atoms with E-state index >= 15 is 0 Å². The lowest BCUT2D eigenvalue weighted by atomic mass is 9.99. The highest BCUT2D eigenvalue weighted by molar-refractivity contribution is 7.12. The predicted octanol–water partition coefficient (Wildman–Crippen LogP) is 4.48. The van der Waals surface area contributed by atoms with Gasteiger partial charge in [-0.2, -0.15) is 0 Å². The van der Waals surface area contributed by atoms with Gasteiger partial charge in [-0.3, -0.25) is 0 Å². The lowest BCUT2D eigenvalue weighted by Gasteiger charge is -2.12. The van der Waals surface area contributed by atoms with Crippen LogP contribution in [0, 0.1) is 0 Å². The number of thiophene rings is 1. The van der Waals surface area contributed by atoms with Gasteiger partial charge in [0.05, 0.1) is 6.10 Å². The fourth-order valence-corrected chi connectivity index (χ4v) is 3.98. The van der Waals surface area contributed by atoms with Crippen LogP contribution in [0.4, 0.5) is 0 Å². The van der Waals surface area contributed by atoms with Gasteiger partial charge in [-0.05, 0) is 77.5 Å². The molecule has 0 spiro atoms. The first kappa shape index (κ1) is 16.0. The molecule has 1 aliphatic carbocycles. The van der Waals surface area contributed by atoms with E-state index in [9.17, 15) is 0 Å². The van der Waals surface area contributed by atoms with Crippen LogP contribution >= 0.6 is 11.3 Å². The Morgan fingerprint density at radius 2 is 2.00 bits per heavy atom. The molecule has 1 atom stereocenters. The molecule has 1 aliphatic rings. The minimum absolute atomic E-state index is 0.360. The molecule has 0 fully saturated rings. The van der Waals surface area contributed by atoms with Crippen molar-refractivity contribution in [2.45, 2.75) is 71.4 Å². The SMILES string of the molecule is CC(C)OCCCCNC(C)c1cc2c(s1)CCCC2. The molecule has 0 radical (unpaired) electrons. The van der Waals surface area contributed by atoms with Crippen molar-refractivity contribution in [2.24, 2.45) is 0 Å². The summed E-state index contributed by atoms with van der Waals surface area (Å²) in [6.45, 7) is 8.46. The zero-order valence-corrected chi connectivity index (χ0v) is 14.0. The fraction of sp³-hybridized carbons (Fsp3) is 0.765. The lowest BCUT2D eigenvalue weighted by molar-refractivity contribution is 0.0759. The Hall–Kier alpha value is -0.380. The van der Waals surface area contributed by atoms with E-state index in [1.54, 1.807) is 10.4 Å². The molecule has 0 bridgehead atoms. The molecule has 114 valence electrons. The van der Waals surface area contributed by atoms with Crippen LogP contribution in [0.2, 0.25) is 0 Å². The van der Waals surface area contributed by atoms with Gasteiger partial charge in [0.15, 0.2) is 0 Å². The molecule has 2 rings (SSSR count). The average molecular weight is 295 g/mol. The standard InChI is InChI=1S/C17H29NOS/c1-13(2)19-11-7-6-10-18-14(3)17-12-15-8-4-5-9-16(15)20-17/h12-14,18H,4-11H2,1-3H3. The smallest absolute Gasteiger partial charge is 0.0518 e. The lowest BCUT2D eigenvalue weighted by Crippen LogP contribution is -2.19. The second kappa shape index (κ2) is 8.16. The van der Waals surface area contributed by atoms with E-state index < -0.39 is 0 Å². The van der Waals surface area contributed by atoms with Gasteiger partial charge in [0, 0.05) is 22.4 Å². The van der Waals surface area contributed by atoms with Crippen molar-refractivity contribution in [1.29, 1.82) is 0 Å². The summed E-state index contributed by atoms with van der Waals surface area (Å²) in [5.74, 6) is 0. The maximum atomic E-state index is 5.56. The van der Waals surface area contributed by atoms with Crippen LogP contribution in [-0.4, -0.2) is 19.3 Å². The van der Waals surface area contributed by atoms with Crippen molar-refractivity contribution in [3.63, 3.8) is 0 Å². The van der Waals surface area contributed by atoms with E-state index in [4.69, 9.17) is 4.74 Å². The Bertz CT molecular complexity index is 376. The minimum Gasteiger partial charge on any atom is -0.379 e. The zero-order chi connectivity index (χ0) is 14.4. The molecule has 1 N–H and O–H groups in total. The van der Waals surface area contributed by atoms with Crippen LogP contribution in [-0.2, 0) is 17.6 Å². The second-order valence-corrected chi connectivity index (χ2v) is 7.28. The van der Waals surface area contributed by atoms with Gasteiger partial charge in [0.2, 0.25) is 0 Å². The number of nitrogens with one attached hydrogen (secondary N) is 1. The molecule has 0 saturated carbocycles. The number of rotatable bonds is 8. The van der Waals surface area contributed by atoms with Crippen LogP contribution in [0.3, 0.4) is 0 Å². The maximum Gasteiger partial charge on any atom is 0.0518 e. The van der Waals surface area contributed by atoms with Crippen molar-refractivity contribution in [2.75, 3.05) is 13.2 Å². The Balaban J connectivity index is 1.67. The van der Waals surface area contributed by atoms with E-state index in [-0.39, 0.29) is 0 Å². The van der Waals surface area contributed by atoms with Gasteiger partial charge in [0.1, 0.15) is 0 Å². The molecule has 1 heterocycles. The molecular formula is C17H29NOS. The molecular weight excluding hydrogens is 266 g/mol. The summed E-state index contributed by atoms with van der Waals surface area (Å²) in [6.07, 6.45) is 8.07. The van der Waals surface area contributed by atoms with E-state index in [0.717, 1.165) is 19.6 Å². The highest BCUT2D eigenvalue weighted by Gasteiger charge is 2.16.